The van der Waals surface area contributed by atoms with E-state index in [4.69, 9.17) is 4.74 Å². The fourth-order valence-electron chi connectivity index (χ4n) is 1.84. The molecule has 0 aromatic heterocycles. The zero-order chi connectivity index (χ0) is 13.8. The van der Waals surface area contributed by atoms with E-state index in [-0.39, 0.29) is 12.5 Å². The molecule has 106 valence electrons. The number of unbranched alkanes of at least 4 members (excludes halogenated alkanes) is 4. The molecule has 1 aromatic carbocycles. The predicted octanol–water partition coefficient (Wildman–Crippen LogP) is 3.29. The third-order valence-electron chi connectivity index (χ3n) is 2.95. The van der Waals surface area contributed by atoms with Crippen LogP contribution >= 0.6 is 0 Å². The summed E-state index contributed by atoms with van der Waals surface area (Å²) in [6.07, 6.45) is 6.05. The van der Waals surface area contributed by atoms with Crippen molar-refractivity contribution in [2.75, 3.05) is 13.2 Å². The second-order valence-electron chi connectivity index (χ2n) is 4.74. The average Bonchev–Trinajstić information content (AvgIpc) is 2.44. The molecular weight excluding hydrogens is 238 g/mol. The number of nitrogens with one attached hydrogen (secondary N) is 1. The Morgan fingerprint density at radius 3 is 2.58 bits per heavy atom. The Balaban J connectivity index is 1.96. The van der Waals surface area contributed by atoms with Gasteiger partial charge in [0.25, 0.3) is 0 Å². The van der Waals surface area contributed by atoms with Crippen molar-refractivity contribution < 1.29 is 9.53 Å². The van der Waals surface area contributed by atoms with Gasteiger partial charge in [-0.05, 0) is 12.0 Å². The summed E-state index contributed by atoms with van der Waals surface area (Å²) < 4.78 is 5.37. The summed E-state index contributed by atoms with van der Waals surface area (Å²) in [4.78, 5) is 11.5. The highest BCUT2D eigenvalue weighted by atomic mass is 16.5. The van der Waals surface area contributed by atoms with Crippen LogP contribution in [0.1, 0.15) is 44.6 Å². The Morgan fingerprint density at radius 1 is 1.11 bits per heavy atom. The molecule has 1 aromatic rings. The minimum absolute atomic E-state index is 0.0218. The smallest absolute Gasteiger partial charge is 0.246 e. The molecule has 0 spiro atoms. The van der Waals surface area contributed by atoms with Crippen LogP contribution in [0.2, 0.25) is 0 Å². The van der Waals surface area contributed by atoms with E-state index < -0.39 is 0 Å². The first-order valence-electron chi connectivity index (χ1n) is 7.21. The predicted molar refractivity (Wildman–Crippen MR) is 77.9 cm³/mol. The van der Waals surface area contributed by atoms with Gasteiger partial charge in [-0.3, -0.25) is 4.79 Å². The Hall–Kier alpha value is -1.35. The number of carbonyl (C=O) groups is 1. The summed E-state index contributed by atoms with van der Waals surface area (Å²) in [7, 11) is 0. The molecule has 0 radical (unpaired) electrons. The van der Waals surface area contributed by atoms with Gasteiger partial charge in [-0.1, -0.05) is 62.9 Å². The van der Waals surface area contributed by atoms with Crippen LogP contribution in [0.15, 0.2) is 30.3 Å². The van der Waals surface area contributed by atoms with Crippen molar-refractivity contribution >= 4 is 5.91 Å². The van der Waals surface area contributed by atoms with E-state index >= 15 is 0 Å². The number of rotatable bonds is 10. The maximum Gasteiger partial charge on any atom is 0.246 e. The molecule has 0 unspecified atom stereocenters. The highest BCUT2D eigenvalue weighted by Crippen LogP contribution is 2.01. The van der Waals surface area contributed by atoms with Gasteiger partial charge in [-0.2, -0.15) is 0 Å². The number of hydrogen-bond donors (Lipinski definition) is 1. The molecule has 3 nitrogen and oxygen atoms in total. The lowest BCUT2D eigenvalue weighted by Gasteiger charge is -2.06. The van der Waals surface area contributed by atoms with Crippen molar-refractivity contribution in [3.05, 3.63) is 35.9 Å². The molecule has 0 heterocycles. The van der Waals surface area contributed by atoms with Crippen molar-refractivity contribution in [2.45, 2.75) is 45.6 Å². The minimum Gasteiger partial charge on any atom is -0.367 e. The number of amides is 1. The first kappa shape index (κ1) is 15.7. The molecule has 0 aliphatic carbocycles. The minimum atomic E-state index is -0.0218. The second-order valence-corrected chi connectivity index (χ2v) is 4.74. The molecule has 0 fully saturated rings. The first-order valence-corrected chi connectivity index (χ1v) is 7.21. The second kappa shape index (κ2) is 10.6. The monoisotopic (exact) mass is 263 g/mol. The zero-order valence-corrected chi connectivity index (χ0v) is 11.9. The van der Waals surface area contributed by atoms with Crippen LogP contribution in [0.5, 0.6) is 0 Å². The van der Waals surface area contributed by atoms with Gasteiger partial charge in [0.05, 0.1) is 6.61 Å². The van der Waals surface area contributed by atoms with Crippen molar-refractivity contribution in [3.8, 4) is 0 Å². The van der Waals surface area contributed by atoms with Crippen LogP contribution in [-0.4, -0.2) is 19.1 Å². The molecule has 0 bridgehead atoms. The van der Waals surface area contributed by atoms with Crippen LogP contribution < -0.4 is 5.32 Å². The molecule has 1 N–H and O–H groups in total. The third-order valence-corrected chi connectivity index (χ3v) is 2.95. The summed E-state index contributed by atoms with van der Waals surface area (Å²) in [5, 5.41) is 2.88. The molecular formula is C16H25NO2. The van der Waals surface area contributed by atoms with Gasteiger partial charge in [-0.25, -0.2) is 0 Å². The van der Waals surface area contributed by atoms with Gasteiger partial charge in [0.2, 0.25) is 5.91 Å². The number of hydrogen-bond acceptors (Lipinski definition) is 2. The van der Waals surface area contributed by atoms with E-state index in [1.165, 1.54) is 25.7 Å². The first-order chi connectivity index (χ1) is 9.33. The van der Waals surface area contributed by atoms with Gasteiger partial charge >= 0.3 is 0 Å². The average molecular weight is 263 g/mol. The summed E-state index contributed by atoms with van der Waals surface area (Å²) in [5.41, 5.74) is 1.09. The van der Waals surface area contributed by atoms with E-state index in [1.807, 2.05) is 30.3 Å². The van der Waals surface area contributed by atoms with E-state index in [2.05, 4.69) is 12.2 Å². The molecule has 19 heavy (non-hydrogen) atoms. The van der Waals surface area contributed by atoms with Crippen molar-refractivity contribution in [1.29, 1.82) is 0 Å². The Labute approximate surface area is 116 Å². The fourth-order valence-corrected chi connectivity index (χ4v) is 1.84. The largest absolute Gasteiger partial charge is 0.367 e. The van der Waals surface area contributed by atoms with Gasteiger partial charge < -0.3 is 10.1 Å². The number of ether oxygens (including phenoxy) is 1. The molecule has 0 saturated heterocycles. The third kappa shape index (κ3) is 8.38. The van der Waals surface area contributed by atoms with Crippen LogP contribution in [-0.2, 0) is 16.1 Å². The maximum atomic E-state index is 11.5. The normalized spacial score (nSPS) is 10.4. The molecule has 3 heteroatoms. The standard InChI is InChI=1S/C16H25NO2/c1-2-3-4-5-9-12-17-16(18)14-19-13-15-10-7-6-8-11-15/h6-8,10-11H,2-5,9,12-14H2,1H3,(H,17,18). The highest BCUT2D eigenvalue weighted by molar-refractivity contribution is 5.77. The molecule has 0 atom stereocenters. The quantitative estimate of drug-likeness (QED) is 0.658. The van der Waals surface area contributed by atoms with Crippen LogP contribution in [0.25, 0.3) is 0 Å². The van der Waals surface area contributed by atoms with Crippen molar-refractivity contribution in [2.24, 2.45) is 0 Å². The SMILES string of the molecule is CCCCCCCNC(=O)COCc1ccccc1. The Bertz CT molecular complexity index is 338. The molecule has 0 saturated carbocycles. The van der Waals surface area contributed by atoms with E-state index in [0.717, 1.165) is 18.5 Å². The van der Waals surface area contributed by atoms with Gasteiger partial charge in [-0.15, -0.1) is 0 Å². The lowest BCUT2D eigenvalue weighted by atomic mass is 10.1. The summed E-state index contributed by atoms with van der Waals surface area (Å²) in [6, 6.07) is 9.89. The van der Waals surface area contributed by atoms with Crippen molar-refractivity contribution in [3.63, 3.8) is 0 Å². The summed E-state index contributed by atoms with van der Waals surface area (Å²) >= 11 is 0. The van der Waals surface area contributed by atoms with Crippen LogP contribution in [0.4, 0.5) is 0 Å². The van der Waals surface area contributed by atoms with E-state index in [0.29, 0.717) is 6.61 Å². The van der Waals surface area contributed by atoms with Gasteiger partial charge in [0, 0.05) is 6.54 Å². The number of carbonyl (C=O) groups excluding carboxylic acids is 1. The molecule has 0 aliphatic heterocycles. The summed E-state index contributed by atoms with van der Waals surface area (Å²) in [6.45, 7) is 3.59. The summed E-state index contributed by atoms with van der Waals surface area (Å²) in [5.74, 6) is -0.0218. The highest BCUT2D eigenvalue weighted by Gasteiger charge is 2.00. The van der Waals surface area contributed by atoms with E-state index in [9.17, 15) is 4.79 Å². The zero-order valence-electron chi connectivity index (χ0n) is 11.9. The van der Waals surface area contributed by atoms with Gasteiger partial charge in [0.1, 0.15) is 6.61 Å². The van der Waals surface area contributed by atoms with E-state index in [1.54, 1.807) is 0 Å². The molecule has 1 amide bonds. The lowest BCUT2D eigenvalue weighted by Crippen LogP contribution is -2.28. The maximum absolute atomic E-state index is 11.5. The number of benzene rings is 1. The molecule has 0 aliphatic rings. The van der Waals surface area contributed by atoms with Gasteiger partial charge in [0.15, 0.2) is 0 Å². The molecule has 1 rings (SSSR count). The van der Waals surface area contributed by atoms with Crippen LogP contribution in [0, 0.1) is 0 Å². The fraction of sp³-hybridized carbons (Fsp3) is 0.562. The van der Waals surface area contributed by atoms with Crippen molar-refractivity contribution in [1.82, 2.24) is 5.32 Å². The van der Waals surface area contributed by atoms with Crippen LogP contribution in [0.3, 0.4) is 0 Å². The topological polar surface area (TPSA) is 38.3 Å². The Kier molecular flexibility index (Phi) is 8.73. The Morgan fingerprint density at radius 2 is 1.84 bits per heavy atom. The lowest BCUT2D eigenvalue weighted by molar-refractivity contribution is -0.126.